The second kappa shape index (κ2) is 7.76. The summed E-state index contributed by atoms with van der Waals surface area (Å²) in [7, 11) is 0. The second-order valence-electron chi connectivity index (χ2n) is 5.46. The highest BCUT2D eigenvalue weighted by Crippen LogP contribution is 2.33. The van der Waals surface area contributed by atoms with Gasteiger partial charge in [0.2, 0.25) is 0 Å². The van der Waals surface area contributed by atoms with E-state index in [1.54, 1.807) is 24.3 Å². The molecule has 0 bridgehead atoms. The third-order valence-corrected chi connectivity index (χ3v) is 3.75. The Morgan fingerprint density at radius 2 is 1.88 bits per heavy atom. The molecule has 25 heavy (non-hydrogen) atoms. The van der Waals surface area contributed by atoms with E-state index in [9.17, 15) is 24.6 Å². The summed E-state index contributed by atoms with van der Waals surface area (Å²) < 4.78 is 9.72. The van der Waals surface area contributed by atoms with Gasteiger partial charge in [-0.15, -0.1) is 0 Å². The van der Waals surface area contributed by atoms with Gasteiger partial charge in [0.1, 0.15) is 0 Å². The normalized spacial score (nSPS) is 18.5. The average Bonchev–Trinajstić information content (AvgIpc) is 2.60. The molecule has 1 aromatic carbocycles. The highest BCUT2D eigenvalue weighted by atomic mass is 16.6. The lowest BCUT2D eigenvalue weighted by atomic mass is 9.79. The Bertz CT molecular complexity index is 735. The summed E-state index contributed by atoms with van der Waals surface area (Å²) in [6.45, 7) is 3.14. The molecule has 0 spiro atoms. The van der Waals surface area contributed by atoms with E-state index in [0.29, 0.717) is 11.1 Å². The molecule has 0 saturated carbocycles. The molecule has 0 aliphatic heterocycles. The SMILES string of the molecule is C=CC(=O)OCCCOC(=O)C1(O)Cc2ccccc2C=C1C(=O)O. The number of benzene rings is 1. The first kappa shape index (κ1) is 18.4. The van der Waals surface area contributed by atoms with Gasteiger partial charge in [-0.05, 0) is 17.2 Å². The van der Waals surface area contributed by atoms with Gasteiger partial charge < -0.3 is 19.7 Å². The van der Waals surface area contributed by atoms with Crippen LogP contribution >= 0.6 is 0 Å². The molecule has 1 unspecified atom stereocenters. The van der Waals surface area contributed by atoms with Gasteiger partial charge in [-0.25, -0.2) is 14.4 Å². The number of carbonyl (C=O) groups is 3. The minimum absolute atomic E-state index is 0.0149. The van der Waals surface area contributed by atoms with Gasteiger partial charge in [0.25, 0.3) is 0 Å². The molecule has 2 rings (SSSR count). The Kier molecular flexibility index (Phi) is 5.71. The van der Waals surface area contributed by atoms with Crippen LogP contribution in [-0.4, -0.2) is 46.9 Å². The van der Waals surface area contributed by atoms with E-state index in [1.807, 2.05) is 0 Å². The maximum atomic E-state index is 12.3. The van der Waals surface area contributed by atoms with Gasteiger partial charge in [0, 0.05) is 18.9 Å². The van der Waals surface area contributed by atoms with Crippen molar-refractivity contribution < 1.29 is 34.1 Å². The van der Waals surface area contributed by atoms with Crippen LogP contribution in [0.4, 0.5) is 0 Å². The third kappa shape index (κ3) is 4.13. The Balaban J connectivity index is 2.05. The summed E-state index contributed by atoms with van der Waals surface area (Å²) in [5.74, 6) is -3.04. The van der Waals surface area contributed by atoms with Crippen LogP contribution in [0.3, 0.4) is 0 Å². The Morgan fingerprint density at radius 1 is 1.20 bits per heavy atom. The number of carboxylic acid groups (broad SMARTS) is 1. The topological polar surface area (TPSA) is 110 Å². The van der Waals surface area contributed by atoms with E-state index < -0.39 is 29.1 Å². The first-order chi connectivity index (χ1) is 11.9. The molecule has 1 aliphatic rings. The molecule has 1 atom stereocenters. The summed E-state index contributed by atoms with van der Waals surface area (Å²) in [6, 6.07) is 6.88. The highest BCUT2D eigenvalue weighted by molar-refractivity contribution is 6.04. The molecular weight excluding hydrogens is 328 g/mol. The van der Waals surface area contributed by atoms with Crippen LogP contribution in [-0.2, 0) is 30.3 Å². The molecule has 2 N–H and O–H groups in total. The molecule has 0 aromatic heterocycles. The van der Waals surface area contributed by atoms with E-state index in [0.717, 1.165) is 6.08 Å². The molecule has 0 radical (unpaired) electrons. The monoisotopic (exact) mass is 346 g/mol. The zero-order valence-electron chi connectivity index (χ0n) is 13.4. The van der Waals surface area contributed by atoms with Crippen molar-refractivity contribution in [1.82, 2.24) is 0 Å². The van der Waals surface area contributed by atoms with E-state index >= 15 is 0 Å². The van der Waals surface area contributed by atoms with Crippen LogP contribution in [0.15, 0.2) is 42.5 Å². The van der Waals surface area contributed by atoms with Crippen LogP contribution in [0.1, 0.15) is 17.5 Å². The highest BCUT2D eigenvalue weighted by Gasteiger charge is 2.47. The fraction of sp³-hybridized carbons (Fsp3) is 0.278. The predicted molar refractivity (Wildman–Crippen MR) is 87.4 cm³/mol. The van der Waals surface area contributed by atoms with Crippen LogP contribution in [0.5, 0.6) is 0 Å². The summed E-state index contributed by atoms with van der Waals surface area (Å²) in [5, 5.41) is 20.0. The minimum atomic E-state index is -2.27. The summed E-state index contributed by atoms with van der Waals surface area (Å²) in [4.78, 5) is 34.6. The maximum absolute atomic E-state index is 12.3. The number of aliphatic hydroxyl groups is 1. The Hall–Kier alpha value is -2.93. The van der Waals surface area contributed by atoms with E-state index in [-0.39, 0.29) is 26.1 Å². The van der Waals surface area contributed by atoms with Crippen LogP contribution < -0.4 is 0 Å². The first-order valence-corrected chi connectivity index (χ1v) is 7.60. The molecular formula is C18H18O7. The van der Waals surface area contributed by atoms with Crippen LogP contribution in [0, 0.1) is 0 Å². The van der Waals surface area contributed by atoms with Crippen molar-refractivity contribution in [3.63, 3.8) is 0 Å². The summed E-state index contributed by atoms with van der Waals surface area (Å²) in [5.41, 5.74) is -1.42. The number of hydrogen-bond donors (Lipinski definition) is 2. The number of rotatable bonds is 7. The van der Waals surface area contributed by atoms with Gasteiger partial charge in [0.15, 0.2) is 5.60 Å². The van der Waals surface area contributed by atoms with Crippen molar-refractivity contribution in [2.45, 2.75) is 18.4 Å². The molecule has 0 fully saturated rings. The van der Waals surface area contributed by atoms with E-state index in [2.05, 4.69) is 6.58 Å². The van der Waals surface area contributed by atoms with Gasteiger partial charge in [0.05, 0.1) is 18.8 Å². The van der Waals surface area contributed by atoms with Crippen molar-refractivity contribution in [1.29, 1.82) is 0 Å². The molecule has 0 amide bonds. The molecule has 7 heteroatoms. The first-order valence-electron chi connectivity index (χ1n) is 7.60. The second-order valence-corrected chi connectivity index (χ2v) is 5.46. The molecule has 1 aromatic rings. The average molecular weight is 346 g/mol. The van der Waals surface area contributed by atoms with Crippen molar-refractivity contribution in [2.75, 3.05) is 13.2 Å². The number of fused-ring (bicyclic) bond motifs is 1. The zero-order valence-corrected chi connectivity index (χ0v) is 13.4. The molecule has 0 saturated heterocycles. The number of hydrogen-bond acceptors (Lipinski definition) is 6. The van der Waals surface area contributed by atoms with Gasteiger partial charge in [-0.1, -0.05) is 30.8 Å². The Labute approximate surface area is 144 Å². The summed E-state index contributed by atoms with van der Waals surface area (Å²) in [6.07, 6.45) is 2.31. The molecule has 132 valence electrons. The number of esters is 2. The minimum Gasteiger partial charge on any atom is -0.478 e. The fourth-order valence-electron chi connectivity index (χ4n) is 2.48. The Morgan fingerprint density at radius 3 is 2.56 bits per heavy atom. The van der Waals surface area contributed by atoms with Gasteiger partial charge >= 0.3 is 17.9 Å². The lowest BCUT2D eigenvalue weighted by molar-refractivity contribution is -0.164. The quantitative estimate of drug-likeness (QED) is 0.432. The molecule has 7 nitrogen and oxygen atoms in total. The molecule has 1 aliphatic carbocycles. The standard InChI is InChI=1S/C18H18O7/c1-2-15(19)24-8-5-9-25-17(22)18(23)11-13-7-4-3-6-12(13)10-14(18)16(20)21/h2-4,6-7,10,23H,1,5,8-9,11H2,(H,20,21). The van der Waals surface area contributed by atoms with Crippen molar-refractivity contribution in [2.24, 2.45) is 0 Å². The maximum Gasteiger partial charge on any atom is 0.343 e. The third-order valence-electron chi connectivity index (χ3n) is 3.75. The van der Waals surface area contributed by atoms with Crippen LogP contribution in [0.25, 0.3) is 6.08 Å². The number of aliphatic carboxylic acids is 1. The summed E-state index contributed by atoms with van der Waals surface area (Å²) >= 11 is 0. The van der Waals surface area contributed by atoms with Gasteiger partial charge in [-0.3, -0.25) is 0 Å². The van der Waals surface area contributed by atoms with Crippen molar-refractivity contribution in [3.8, 4) is 0 Å². The lowest BCUT2D eigenvalue weighted by Gasteiger charge is -2.30. The van der Waals surface area contributed by atoms with Crippen LogP contribution in [0.2, 0.25) is 0 Å². The molecule has 0 heterocycles. The zero-order chi connectivity index (χ0) is 18.4. The van der Waals surface area contributed by atoms with E-state index in [1.165, 1.54) is 6.08 Å². The van der Waals surface area contributed by atoms with Gasteiger partial charge in [-0.2, -0.15) is 0 Å². The largest absolute Gasteiger partial charge is 0.478 e. The van der Waals surface area contributed by atoms with E-state index in [4.69, 9.17) is 9.47 Å². The number of carboxylic acids is 1. The number of carbonyl (C=O) groups excluding carboxylic acids is 2. The van der Waals surface area contributed by atoms with Crippen molar-refractivity contribution in [3.05, 3.63) is 53.6 Å². The predicted octanol–water partition coefficient (Wildman–Crippen LogP) is 1.10. The smallest absolute Gasteiger partial charge is 0.343 e. The number of ether oxygens (including phenoxy) is 2. The fourth-order valence-corrected chi connectivity index (χ4v) is 2.48. The lowest BCUT2D eigenvalue weighted by Crippen LogP contribution is -2.48. The van der Waals surface area contributed by atoms with Crippen molar-refractivity contribution >= 4 is 24.0 Å².